The minimum atomic E-state index is 0.490. The number of hydrogen-bond donors (Lipinski definition) is 1. The second-order valence-corrected chi connectivity index (χ2v) is 2.86. The van der Waals surface area contributed by atoms with Crippen molar-refractivity contribution in [2.45, 2.75) is 25.6 Å². The van der Waals surface area contributed by atoms with Crippen LogP contribution in [0.1, 0.15) is 25.6 Å². The van der Waals surface area contributed by atoms with Gasteiger partial charge in [-0.05, 0) is 13.8 Å². The lowest BCUT2D eigenvalue weighted by atomic mass is 10.4. The summed E-state index contributed by atoms with van der Waals surface area (Å²) in [5, 5.41) is 0. The first-order chi connectivity index (χ1) is 4.75. The first-order valence-electron chi connectivity index (χ1n) is 3.37. The molecule has 1 aromatic heterocycles. The molecule has 2 nitrogen and oxygen atoms in total. The van der Waals surface area contributed by atoms with Crippen molar-refractivity contribution in [3.63, 3.8) is 0 Å². The molecule has 0 bridgehead atoms. The van der Waals surface area contributed by atoms with Crippen molar-refractivity contribution in [3.05, 3.63) is 18.2 Å². The molecule has 0 aliphatic carbocycles. The fraction of sp³-hybridized carbons (Fsp3) is 0.571. The Balaban J connectivity index is 2.90. The molecule has 0 saturated carbocycles. The van der Waals surface area contributed by atoms with E-state index < -0.39 is 0 Å². The molecule has 0 radical (unpaired) electrons. The molecule has 0 aliphatic rings. The van der Waals surface area contributed by atoms with Crippen molar-refractivity contribution in [2.24, 2.45) is 0 Å². The van der Waals surface area contributed by atoms with E-state index in [2.05, 4.69) is 36.0 Å². The number of aromatic nitrogens is 2. The average molecular weight is 156 g/mol. The van der Waals surface area contributed by atoms with Crippen LogP contribution >= 0.6 is 12.6 Å². The maximum Gasteiger partial charge on any atom is 0.0950 e. The zero-order valence-corrected chi connectivity index (χ0v) is 7.18. The summed E-state index contributed by atoms with van der Waals surface area (Å²) in [6.45, 7) is 4.27. The first kappa shape index (κ1) is 7.66. The summed E-state index contributed by atoms with van der Waals surface area (Å²) in [4.78, 5) is 4.03. The van der Waals surface area contributed by atoms with Crippen LogP contribution < -0.4 is 0 Å². The molecule has 0 unspecified atom stereocenters. The van der Waals surface area contributed by atoms with Crippen molar-refractivity contribution < 1.29 is 0 Å². The molecule has 0 saturated heterocycles. The van der Waals surface area contributed by atoms with Gasteiger partial charge in [0.1, 0.15) is 0 Å². The van der Waals surface area contributed by atoms with Crippen LogP contribution in [0.25, 0.3) is 0 Å². The Morgan fingerprint density at radius 3 is 2.80 bits per heavy atom. The van der Waals surface area contributed by atoms with Crippen LogP contribution in [0, 0.1) is 0 Å². The van der Waals surface area contributed by atoms with Gasteiger partial charge in [-0.1, -0.05) is 0 Å². The van der Waals surface area contributed by atoms with Gasteiger partial charge in [0.25, 0.3) is 0 Å². The van der Waals surface area contributed by atoms with Crippen molar-refractivity contribution in [1.82, 2.24) is 9.55 Å². The maximum absolute atomic E-state index is 4.18. The summed E-state index contributed by atoms with van der Waals surface area (Å²) in [5.41, 5.74) is 1.18. The van der Waals surface area contributed by atoms with Gasteiger partial charge in [0.2, 0.25) is 0 Å². The predicted molar refractivity (Wildman–Crippen MR) is 45.3 cm³/mol. The summed E-state index contributed by atoms with van der Waals surface area (Å²) in [7, 11) is 0. The topological polar surface area (TPSA) is 17.8 Å². The minimum absolute atomic E-state index is 0.490. The Labute approximate surface area is 66.7 Å². The van der Waals surface area contributed by atoms with E-state index in [0.717, 1.165) is 5.75 Å². The molecular weight excluding hydrogens is 144 g/mol. The maximum atomic E-state index is 4.18. The summed E-state index contributed by atoms with van der Waals surface area (Å²) < 4.78 is 2.12. The normalized spacial score (nSPS) is 10.8. The highest BCUT2D eigenvalue weighted by molar-refractivity contribution is 7.79. The lowest BCUT2D eigenvalue weighted by molar-refractivity contribution is 0.584. The van der Waals surface area contributed by atoms with Gasteiger partial charge in [-0.25, -0.2) is 4.98 Å². The highest BCUT2D eigenvalue weighted by Crippen LogP contribution is 2.09. The molecular formula is C7H12N2S. The molecule has 0 amide bonds. The zero-order valence-electron chi connectivity index (χ0n) is 6.28. The van der Waals surface area contributed by atoms with E-state index in [4.69, 9.17) is 0 Å². The Kier molecular flexibility index (Phi) is 2.38. The van der Waals surface area contributed by atoms with Crippen LogP contribution in [-0.2, 0) is 5.75 Å². The number of hydrogen-bond acceptors (Lipinski definition) is 2. The first-order valence-corrected chi connectivity index (χ1v) is 4.00. The quantitative estimate of drug-likeness (QED) is 0.647. The molecule has 56 valence electrons. The smallest absolute Gasteiger partial charge is 0.0950 e. The van der Waals surface area contributed by atoms with Gasteiger partial charge in [0.05, 0.1) is 6.33 Å². The monoisotopic (exact) mass is 156 g/mol. The van der Waals surface area contributed by atoms with E-state index >= 15 is 0 Å². The van der Waals surface area contributed by atoms with Gasteiger partial charge in [0.15, 0.2) is 0 Å². The lowest BCUT2D eigenvalue weighted by Crippen LogP contribution is -2.01. The standard InChI is InChI=1S/C7H12N2S/c1-6(2)9-5-8-3-7(9)4-10/h3,5-6,10H,4H2,1-2H3. The second kappa shape index (κ2) is 3.10. The highest BCUT2D eigenvalue weighted by Gasteiger charge is 2.01. The van der Waals surface area contributed by atoms with Crippen molar-refractivity contribution in [2.75, 3.05) is 0 Å². The molecule has 3 heteroatoms. The fourth-order valence-corrected chi connectivity index (χ4v) is 1.16. The van der Waals surface area contributed by atoms with Crippen LogP contribution in [-0.4, -0.2) is 9.55 Å². The van der Waals surface area contributed by atoms with Crippen molar-refractivity contribution in [3.8, 4) is 0 Å². The molecule has 0 aliphatic heterocycles. The third-order valence-electron chi connectivity index (χ3n) is 1.46. The Bertz CT molecular complexity index is 205. The van der Waals surface area contributed by atoms with Crippen molar-refractivity contribution in [1.29, 1.82) is 0 Å². The van der Waals surface area contributed by atoms with Crippen molar-refractivity contribution >= 4 is 12.6 Å². The molecule has 1 aromatic rings. The number of imidazole rings is 1. The molecule has 0 N–H and O–H groups in total. The van der Waals surface area contributed by atoms with Gasteiger partial charge in [0, 0.05) is 23.7 Å². The zero-order chi connectivity index (χ0) is 7.56. The van der Waals surface area contributed by atoms with Gasteiger partial charge in [-0.3, -0.25) is 0 Å². The molecule has 0 aromatic carbocycles. The highest BCUT2D eigenvalue weighted by atomic mass is 32.1. The van der Waals surface area contributed by atoms with Crippen LogP contribution in [0.3, 0.4) is 0 Å². The van der Waals surface area contributed by atoms with E-state index in [0.29, 0.717) is 6.04 Å². The molecule has 0 fully saturated rings. The summed E-state index contributed by atoms with van der Waals surface area (Å²) in [6, 6.07) is 0.490. The Hall–Kier alpha value is -0.440. The Morgan fingerprint density at radius 1 is 1.70 bits per heavy atom. The second-order valence-electron chi connectivity index (χ2n) is 2.54. The van der Waals surface area contributed by atoms with Gasteiger partial charge in [-0.2, -0.15) is 12.6 Å². The average Bonchev–Trinajstić information content (AvgIpc) is 2.33. The fourth-order valence-electron chi connectivity index (χ4n) is 0.919. The summed E-state index contributed by atoms with van der Waals surface area (Å²) in [5.74, 6) is 0.762. The molecule has 0 atom stereocenters. The molecule has 0 spiro atoms. The van der Waals surface area contributed by atoms with Gasteiger partial charge < -0.3 is 4.57 Å². The summed E-state index contributed by atoms with van der Waals surface area (Å²) in [6.07, 6.45) is 3.70. The largest absolute Gasteiger partial charge is 0.331 e. The van der Waals surface area contributed by atoms with E-state index in [-0.39, 0.29) is 0 Å². The van der Waals surface area contributed by atoms with E-state index in [9.17, 15) is 0 Å². The van der Waals surface area contributed by atoms with E-state index in [1.54, 1.807) is 0 Å². The van der Waals surface area contributed by atoms with E-state index in [1.165, 1.54) is 5.69 Å². The third-order valence-corrected chi connectivity index (χ3v) is 1.79. The summed E-state index contributed by atoms with van der Waals surface area (Å²) >= 11 is 4.18. The SMILES string of the molecule is CC(C)n1cncc1CS. The third kappa shape index (κ3) is 1.34. The lowest BCUT2D eigenvalue weighted by Gasteiger charge is -2.08. The van der Waals surface area contributed by atoms with E-state index in [1.807, 2.05) is 12.5 Å². The number of nitrogens with zero attached hydrogens (tertiary/aromatic N) is 2. The Morgan fingerprint density at radius 2 is 2.40 bits per heavy atom. The number of thiol groups is 1. The van der Waals surface area contributed by atoms with Crippen LogP contribution in [0.4, 0.5) is 0 Å². The number of rotatable bonds is 2. The van der Waals surface area contributed by atoms with Gasteiger partial charge >= 0.3 is 0 Å². The predicted octanol–water partition coefficient (Wildman–Crippen LogP) is 1.89. The van der Waals surface area contributed by atoms with Crippen LogP contribution in [0.5, 0.6) is 0 Å². The molecule has 1 rings (SSSR count). The van der Waals surface area contributed by atoms with Crippen LogP contribution in [0.15, 0.2) is 12.5 Å². The molecule has 10 heavy (non-hydrogen) atoms. The van der Waals surface area contributed by atoms with Crippen LogP contribution in [0.2, 0.25) is 0 Å². The molecule has 1 heterocycles. The van der Waals surface area contributed by atoms with Gasteiger partial charge in [-0.15, -0.1) is 0 Å². The minimum Gasteiger partial charge on any atom is -0.331 e.